The highest BCUT2D eigenvalue weighted by atomic mass is 19.1. The first-order chi connectivity index (χ1) is 11.5. The van der Waals surface area contributed by atoms with Gasteiger partial charge in [-0.25, -0.2) is 9.18 Å². The molecule has 2 aliphatic rings. The summed E-state index contributed by atoms with van der Waals surface area (Å²) in [5, 5.41) is 12.0. The van der Waals surface area contributed by atoms with Crippen LogP contribution in [0.25, 0.3) is 0 Å². The number of nitrogens with zero attached hydrogens (tertiary/aromatic N) is 1. The lowest BCUT2D eigenvalue weighted by molar-refractivity contribution is -0.141. The van der Waals surface area contributed by atoms with Crippen molar-refractivity contribution in [3.05, 3.63) is 35.6 Å². The fourth-order valence-electron chi connectivity index (χ4n) is 3.25. The van der Waals surface area contributed by atoms with E-state index in [1.165, 1.54) is 12.1 Å². The lowest BCUT2D eigenvalue weighted by Gasteiger charge is -2.31. The van der Waals surface area contributed by atoms with Gasteiger partial charge >= 0.3 is 12.0 Å². The Kier molecular flexibility index (Phi) is 4.99. The van der Waals surface area contributed by atoms with E-state index in [0.29, 0.717) is 32.4 Å². The lowest BCUT2D eigenvalue weighted by Crippen LogP contribution is -2.46. The number of carbonyl (C=O) groups is 2. The monoisotopic (exact) mass is 336 g/mol. The molecule has 2 amide bonds. The maximum absolute atomic E-state index is 13.0. The average molecular weight is 336 g/mol. The highest BCUT2D eigenvalue weighted by Gasteiger charge is 2.32. The van der Waals surface area contributed by atoms with Crippen LogP contribution in [0, 0.1) is 11.7 Å². The number of hydrogen-bond donors (Lipinski definition) is 2. The standard InChI is InChI=1S/C17H21FN2O4/c18-13-3-1-11(2-4-13)15-9-14(6-8-24-15)19-17(23)20-7-5-12(10-20)16(21)22/h1-4,12,14-15H,5-10H2,(H,19,23)(H,21,22). The smallest absolute Gasteiger partial charge is 0.317 e. The number of rotatable bonds is 3. The zero-order valence-electron chi connectivity index (χ0n) is 13.3. The second kappa shape index (κ2) is 7.17. The number of likely N-dealkylation sites (tertiary alicyclic amines) is 1. The van der Waals surface area contributed by atoms with Crippen molar-refractivity contribution in [1.82, 2.24) is 10.2 Å². The first kappa shape index (κ1) is 16.7. The summed E-state index contributed by atoms with van der Waals surface area (Å²) in [6.45, 7) is 1.24. The summed E-state index contributed by atoms with van der Waals surface area (Å²) in [5.74, 6) is -1.62. The molecular weight excluding hydrogens is 315 g/mol. The first-order valence-corrected chi connectivity index (χ1v) is 8.18. The molecule has 7 heteroatoms. The first-order valence-electron chi connectivity index (χ1n) is 8.18. The van der Waals surface area contributed by atoms with E-state index in [1.54, 1.807) is 17.0 Å². The lowest BCUT2D eigenvalue weighted by atomic mass is 9.97. The number of benzene rings is 1. The highest BCUT2D eigenvalue weighted by Crippen LogP contribution is 2.28. The Morgan fingerprint density at radius 3 is 2.67 bits per heavy atom. The molecule has 0 spiro atoms. The summed E-state index contributed by atoms with van der Waals surface area (Å²) >= 11 is 0. The van der Waals surface area contributed by atoms with E-state index < -0.39 is 11.9 Å². The highest BCUT2D eigenvalue weighted by molar-refractivity contribution is 5.77. The topological polar surface area (TPSA) is 78.9 Å². The quantitative estimate of drug-likeness (QED) is 0.887. The fraction of sp³-hybridized carbons (Fsp3) is 0.529. The number of urea groups is 1. The number of carboxylic acid groups (broad SMARTS) is 1. The van der Waals surface area contributed by atoms with Crippen molar-refractivity contribution in [2.24, 2.45) is 5.92 Å². The van der Waals surface area contributed by atoms with E-state index in [2.05, 4.69) is 5.32 Å². The van der Waals surface area contributed by atoms with Crippen molar-refractivity contribution in [2.75, 3.05) is 19.7 Å². The zero-order valence-corrected chi connectivity index (χ0v) is 13.3. The van der Waals surface area contributed by atoms with Crippen molar-refractivity contribution in [2.45, 2.75) is 31.4 Å². The van der Waals surface area contributed by atoms with Gasteiger partial charge in [-0.05, 0) is 37.0 Å². The molecule has 1 aromatic carbocycles. The Morgan fingerprint density at radius 2 is 2.00 bits per heavy atom. The van der Waals surface area contributed by atoms with Crippen molar-refractivity contribution < 1.29 is 23.8 Å². The van der Waals surface area contributed by atoms with Crippen molar-refractivity contribution in [3.63, 3.8) is 0 Å². The molecule has 0 radical (unpaired) electrons. The van der Waals surface area contributed by atoms with Gasteiger partial charge in [0.25, 0.3) is 0 Å². The third kappa shape index (κ3) is 3.84. The van der Waals surface area contributed by atoms with Crippen molar-refractivity contribution >= 4 is 12.0 Å². The third-order valence-corrected chi connectivity index (χ3v) is 4.68. The summed E-state index contributed by atoms with van der Waals surface area (Å²) in [4.78, 5) is 24.8. The largest absolute Gasteiger partial charge is 0.481 e. The number of aliphatic carboxylic acids is 1. The molecule has 2 saturated heterocycles. The zero-order chi connectivity index (χ0) is 17.1. The van der Waals surface area contributed by atoms with E-state index in [9.17, 15) is 14.0 Å². The Bertz CT molecular complexity index is 607. The molecule has 1 aromatic rings. The molecule has 6 nitrogen and oxygen atoms in total. The van der Waals surface area contributed by atoms with Crippen LogP contribution >= 0.6 is 0 Å². The van der Waals surface area contributed by atoms with Gasteiger partial charge in [-0.3, -0.25) is 4.79 Å². The van der Waals surface area contributed by atoms with Gasteiger partial charge in [0, 0.05) is 25.7 Å². The van der Waals surface area contributed by atoms with E-state index in [-0.39, 0.29) is 30.5 Å². The predicted molar refractivity (Wildman–Crippen MR) is 84.0 cm³/mol. The van der Waals surface area contributed by atoms with Crippen LogP contribution in [0.5, 0.6) is 0 Å². The number of hydrogen-bond acceptors (Lipinski definition) is 3. The minimum absolute atomic E-state index is 0.0369. The Labute approximate surface area is 139 Å². The van der Waals surface area contributed by atoms with Gasteiger partial charge in [-0.1, -0.05) is 12.1 Å². The molecule has 0 saturated carbocycles. The average Bonchev–Trinajstić information content (AvgIpc) is 3.06. The van der Waals surface area contributed by atoms with Crippen LogP contribution in [-0.2, 0) is 9.53 Å². The molecule has 130 valence electrons. The van der Waals surface area contributed by atoms with E-state index in [0.717, 1.165) is 5.56 Å². The molecular formula is C17H21FN2O4. The van der Waals surface area contributed by atoms with Crippen LogP contribution in [0.2, 0.25) is 0 Å². The molecule has 3 atom stereocenters. The van der Waals surface area contributed by atoms with Crippen LogP contribution < -0.4 is 5.32 Å². The van der Waals surface area contributed by atoms with Gasteiger partial charge in [0.1, 0.15) is 5.82 Å². The molecule has 2 aliphatic heterocycles. The summed E-state index contributed by atoms with van der Waals surface area (Å²) in [6, 6.07) is 5.94. The van der Waals surface area contributed by atoms with E-state index >= 15 is 0 Å². The molecule has 2 N–H and O–H groups in total. The molecule has 0 aliphatic carbocycles. The van der Waals surface area contributed by atoms with Crippen molar-refractivity contribution in [1.29, 1.82) is 0 Å². The van der Waals surface area contributed by atoms with E-state index in [1.807, 2.05) is 0 Å². The molecule has 2 heterocycles. The van der Waals surface area contributed by atoms with Crippen molar-refractivity contribution in [3.8, 4) is 0 Å². The van der Waals surface area contributed by atoms with Gasteiger partial charge in [0.15, 0.2) is 0 Å². The number of carboxylic acids is 1. The number of amides is 2. The van der Waals surface area contributed by atoms with Gasteiger partial charge in [-0.15, -0.1) is 0 Å². The minimum atomic E-state index is -0.854. The maximum Gasteiger partial charge on any atom is 0.317 e. The van der Waals surface area contributed by atoms with Gasteiger partial charge in [-0.2, -0.15) is 0 Å². The number of ether oxygens (including phenoxy) is 1. The molecule has 3 unspecified atom stereocenters. The Balaban J connectivity index is 1.54. The summed E-state index contributed by atoms with van der Waals surface area (Å²) in [7, 11) is 0. The normalized spacial score (nSPS) is 27.0. The van der Waals surface area contributed by atoms with Gasteiger partial charge in [0.05, 0.1) is 12.0 Å². The molecule has 3 rings (SSSR count). The molecule has 0 aromatic heterocycles. The maximum atomic E-state index is 13.0. The Hall–Kier alpha value is -2.15. The molecule has 0 bridgehead atoms. The Morgan fingerprint density at radius 1 is 1.25 bits per heavy atom. The van der Waals surface area contributed by atoms with Crippen LogP contribution in [0.1, 0.15) is 30.9 Å². The third-order valence-electron chi connectivity index (χ3n) is 4.68. The van der Waals surface area contributed by atoms with E-state index in [4.69, 9.17) is 9.84 Å². The summed E-state index contributed by atoms with van der Waals surface area (Å²) < 4.78 is 18.7. The summed E-state index contributed by atoms with van der Waals surface area (Å²) in [5.41, 5.74) is 0.891. The van der Waals surface area contributed by atoms with Gasteiger partial charge in [0.2, 0.25) is 0 Å². The number of carbonyl (C=O) groups excluding carboxylic acids is 1. The second-order valence-electron chi connectivity index (χ2n) is 6.35. The van der Waals surface area contributed by atoms with Crippen LogP contribution in [0.4, 0.5) is 9.18 Å². The molecule has 2 fully saturated rings. The fourth-order valence-corrected chi connectivity index (χ4v) is 3.25. The number of nitrogens with one attached hydrogen (secondary N) is 1. The van der Waals surface area contributed by atoms with Crippen LogP contribution in [-0.4, -0.2) is 47.7 Å². The van der Waals surface area contributed by atoms with Gasteiger partial charge < -0.3 is 20.1 Å². The minimum Gasteiger partial charge on any atom is -0.481 e. The number of halogens is 1. The summed E-state index contributed by atoms with van der Waals surface area (Å²) in [6.07, 6.45) is 1.65. The second-order valence-corrected chi connectivity index (χ2v) is 6.35. The van der Waals surface area contributed by atoms with Crippen LogP contribution in [0.3, 0.4) is 0 Å². The molecule has 24 heavy (non-hydrogen) atoms. The SMILES string of the molecule is O=C(O)C1CCN(C(=O)NC2CCOC(c3ccc(F)cc3)C2)C1. The van der Waals surface area contributed by atoms with Crippen LogP contribution in [0.15, 0.2) is 24.3 Å². The predicted octanol–water partition coefficient (Wildman–Crippen LogP) is 2.16.